The number of anilines is 1. The number of nitrogens with two attached hydrogens (primary N) is 1. The monoisotopic (exact) mass is 312 g/mol. The highest BCUT2D eigenvalue weighted by Crippen LogP contribution is 2.34. The fraction of sp³-hybridized carbons (Fsp3) is 0.500. The Kier molecular flexibility index (Phi) is 4.53. The van der Waals surface area contributed by atoms with E-state index in [9.17, 15) is 13.2 Å². The average Bonchev–Trinajstić information content (AvgIpc) is 2.70. The molecule has 116 valence electrons. The van der Waals surface area contributed by atoms with E-state index in [2.05, 4.69) is 0 Å². The summed E-state index contributed by atoms with van der Waals surface area (Å²) < 4.78 is 27.9. The van der Waals surface area contributed by atoms with Crippen molar-refractivity contribution in [2.24, 2.45) is 11.1 Å². The van der Waals surface area contributed by atoms with Crippen molar-refractivity contribution >= 4 is 21.6 Å². The van der Waals surface area contributed by atoms with Crippen molar-refractivity contribution in [3.05, 3.63) is 23.8 Å². The predicted molar refractivity (Wildman–Crippen MR) is 80.8 cm³/mol. The fourth-order valence-electron chi connectivity index (χ4n) is 2.57. The van der Waals surface area contributed by atoms with E-state index >= 15 is 0 Å². The van der Waals surface area contributed by atoms with Gasteiger partial charge in [0.15, 0.2) is 0 Å². The molecule has 6 nitrogen and oxygen atoms in total. The maximum atomic E-state index is 12.2. The zero-order chi connectivity index (χ0) is 15.6. The zero-order valence-electron chi connectivity index (χ0n) is 12.2. The fourth-order valence-corrected chi connectivity index (χ4v) is 3.45. The minimum atomic E-state index is -3.58. The van der Waals surface area contributed by atoms with Crippen molar-refractivity contribution in [1.29, 1.82) is 0 Å². The van der Waals surface area contributed by atoms with Gasteiger partial charge in [0.1, 0.15) is 5.75 Å². The van der Waals surface area contributed by atoms with Crippen LogP contribution in [0.25, 0.3) is 0 Å². The van der Waals surface area contributed by atoms with Crippen LogP contribution in [0, 0.1) is 12.8 Å². The summed E-state index contributed by atoms with van der Waals surface area (Å²) in [5.41, 5.74) is 1.70. The van der Waals surface area contributed by atoms with Gasteiger partial charge >= 0.3 is 0 Å². The number of amides is 1. The van der Waals surface area contributed by atoms with E-state index in [1.165, 1.54) is 0 Å². The van der Waals surface area contributed by atoms with Gasteiger partial charge in [-0.05, 0) is 31.5 Å². The van der Waals surface area contributed by atoms with Gasteiger partial charge in [-0.3, -0.25) is 4.79 Å². The predicted octanol–water partition coefficient (Wildman–Crippen LogP) is 1.04. The van der Waals surface area contributed by atoms with Gasteiger partial charge in [0, 0.05) is 18.9 Å². The van der Waals surface area contributed by atoms with Crippen molar-refractivity contribution < 1.29 is 17.9 Å². The quantitative estimate of drug-likeness (QED) is 0.879. The molecule has 2 rings (SSSR count). The normalized spacial score (nSPS) is 19.1. The molecule has 1 aromatic rings. The lowest BCUT2D eigenvalue weighted by atomic mass is 10.1. The van der Waals surface area contributed by atoms with Crippen LogP contribution in [0.5, 0.6) is 5.75 Å². The SMILES string of the molecule is CCOc1ccc(C)cc1N1CC(CS(N)(=O)=O)CC1=O. The largest absolute Gasteiger partial charge is 0.492 e. The van der Waals surface area contributed by atoms with Gasteiger partial charge in [0.2, 0.25) is 15.9 Å². The Hall–Kier alpha value is -1.60. The first-order chi connectivity index (χ1) is 9.80. The van der Waals surface area contributed by atoms with E-state index in [4.69, 9.17) is 9.88 Å². The molecule has 1 heterocycles. The number of nitrogens with zero attached hydrogens (tertiary/aromatic N) is 1. The summed E-state index contributed by atoms with van der Waals surface area (Å²) in [5, 5.41) is 5.06. The number of hydrogen-bond acceptors (Lipinski definition) is 4. The highest BCUT2D eigenvalue weighted by atomic mass is 32.2. The maximum Gasteiger partial charge on any atom is 0.227 e. The van der Waals surface area contributed by atoms with Crippen LogP contribution in [0.15, 0.2) is 18.2 Å². The number of carbonyl (C=O) groups is 1. The van der Waals surface area contributed by atoms with Crippen LogP contribution in [-0.2, 0) is 14.8 Å². The second-order valence-electron chi connectivity index (χ2n) is 5.31. The Morgan fingerprint density at radius 3 is 2.76 bits per heavy atom. The van der Waals surface area contributed by atoms with Gasteiger partial charge in [-0.15, -0.1) is 0 Å². The Labute approximate surface area is 124 Å². The minimum Gasteiger partial charge on any atom is -0.492 e. The number of sulfonamides is 1. The van der Waals surface area contributed by atoms with Gasteiger partial charge in [-0.2, -0.15) is 0 Å². The van der Waals surface area contributed by atoms with Gasteiger partial charge in [0.05, 0.1) is 18.0 Å². The Bertz CT molecular complexity index is 642. The number of aryl methyl sites for hydroxylation is 1. The maximum absolute atomic E-state index is 12.2. The third kappa shape index (κ3) is 3.95. The molecule has 0 radical (unpaired) electrons. The molecule has 1 aromatic carbocycles. The van der Waals surface area contributed by atoms with Gasteiger partial charge in [-0.25, -0.2) is 13.6 Å². The summed E-state index contributed by atoms with van der Waals surface area (Å²) in [7, 11) is -3.58. The molecule has 0 spiro atoms. The first-order valence-corrected chi connectivity index (χ1v) is 8.56. The molecule has 0 aliphatic carbocycles. The van der Waals surface area contributed by atoms with Crippen LogP contribution in [0.2, 0.25) is 0 Å². The molecule has 0 saturated carbocycles. The van der Waals surface area contributed by atoms with Crippen molar-refractivity contribution in [3.8, 4) is 5.75 Å². The topological polar surface area (TPSA) is 89.7 Å². The minimum absolute atomic E-state index is 0.102. The van der Waals surface area contributed by atoms with E-state index in [0.29, 0.717) is 24.6 Å². The lowest BCUT2D eigenvalue weighted by Gasteiger charge is -2.20. The number of carbonyl (C=O) groups excluding carboxylic acids is 1. The molecular formula is C14H20N2O4S. The molecule has 0 aromatic heterocycles. The van der Waals surface area contributed by atoms with Crippen molar-refractivity contribution in [2.75, 3.05) is 23.8 Å². The van der Waals surface area contributed by atoms with Gasteiger partial charge < -0.3 is 9.64 Å². The van der Waals surface area contributed by atoms with E-state index < -0.39 is 10.0 Å². The van der Waals surface area contributed by atoms with Crippen LogP contribution in [0.3, 0.4) is 0 Å². The average molecular weight is 312 g/mol. The Balaban J connectivity index is 2.26. The van der Waals surface area contributed by atoms with Crippen LogP contribution in [0.1, 0.15) is 18.9 Å². The second kappa shape index (κ2) is 6.03. The van der Waals surface area contributed by atoms with E-state index in [1.54, 1.807) is 4.90 Å². The number of benzene rings is 1. The molecule has 1 unspecified atom stereocenters. The molecule has 2 N–H and O–H groups in total. The number of hydrogen-bond donors (Lipinski definition) is 1. The first kappa shape index (κ1) is 15.8. The number of ether oxygens (including phenoxy) is 1. The second-order valence-corrected chi connectivity index (χ2v) is 6.97. The van der Waals surface area contributed by atoms with Gasteiger partial charge in [-0.1, -0.05) is 6.07 Å². The molecular weight excluding hydrogens is 292 g/mol. The van der Waals surface area contributed by atoms with Crippen LogP contribution in [0.4, 0.5) is 5.69 Å². The van der Waals surface area contributed by atoms with Crippen LogP contribution in [-0.4, -0.2) is 33.2 Å². The third-order valence-corrected chi connectivity index (χ3v) is 4.31. The third-order valence-electron chi connectivity index (χ3n) is 3.38. The molecule has 1 saturated heterocycles. The molecule has 7 heteroatoms. The standard InChI is InChI=1S/C14H20N2O4S/c1-3-20-13-5-4-10(2)6-12(13)16-8-11(7-14(16)17)9-21(15,18)19/h4-6,11H,3,7-9H2,1-2H3,(H2,15,18,19). The van der Waals surface area contributed by atoms with Crippen molar-refractivity contribution in [3.63, 3.8) is 0 Å². The highest BCUT2D eigenvalue weighted by molar-refractivity contribution is 7.89. The Morgan fingerprint density at radius 2 is 2.14 bits per heavy atom. The van der Waals surface area contributed by atoms with Crippen LogP contribution >= 0.6 is 0 Å². The summed E-state index contributed by atoms with van der Waals surface area (Å²) in [6.45, 7) is 4.65. The molecule has 1 amide bonds. The zero-order valence-corrected chi connectivity index (χ0v) is 13.0. The lowest BCUT2D eigenvalue weighted by Crippen LogP contribution is -2.28. The van der Waals surface area contributed by atoms with Crippen molar-refractivity contribution in [1.82, 2.24) is 0 Å². The summed E-state index contributed by atoms with van der Waals surface area (Å²) in [6, 6.07) is 5.62. The van der Waals surface area contributed by atoms with Crippen LogP contribution < -0.4 is 14.8 Å². The van der Waals surface area contributed by atoms with E-state index in [-0.39, 0.29) is 24.0 Å². The Morgan fingerprint density at radius 1 is 1.43 bits per heavy atom. The molecule has 1 atom stereocenters. The number of rotatable bonds is 5. The summed E-state index contributed by atoms with van der Waals surface area (Å²) in [5.74, 6) is 0.0794. The van der Waals surface area contributed by atoms with Crippen molar-refractivity contribution in [2.45, 2.75) is 20.3 Å². The molecule has 1 fully saturated rings. The molecule has 0 bridgehead atoms. The lowest BCUT2D eigenvalue weighted by molar-refractivity contribution is -0.117. The molecule has 1 aliphatic rings. The summed E-state index contributed by atoms with van der Waals surface area (Å²) >= 11 is 0. The summed E-state index contributed by atoms with van der Waals surface area (Å²) in [4.78, 5) is 13.8. The van der Waals surface area contributed by atoms with E-state index in [1.807, 2.05) is 32.0 Å². The highest BCUT2D eigenvalue weighted by Gasteiger charge is 2.34. The molecule has 1 aliphatic heterocycles. The smallest absolute Gasteiger partial charge is 0.227 e. The summed E-state index contributed by atoms with van der Waals surface area (Å²) in [6.07, 6.45) is 0.190. The number of primary sulfonamides is 1. The molecule has 21 heavy (non-hydrogen) atoms. The first-order valence-electron chi connectivity index (χ1n) is 6.84. The van der Waals surface area contributed by atoms with E-state index in [0.717, 1.165) is 5.56 Å². The van der Waals surface area contributed by atoms with Gasteiger partial charge in [0.25, 0.3) is 0 Å².